The molecule has 0 N–H and O–H groups in total. The van der Waals surface area contributed by atoms with Gasteiger partial charge in [-0.3, -0.25) is 9.78 Å². The Bertz CT molecular complexity index is 779. The number of carbonyl (C=O) groups excluding carboxylic acids is 1. The van der Waals surface area contributed by atoms with Gasteiger partial charge in [0.05, 0.1) is 36.9 Å². The van der Waals surface area contributed by atoms with Crippen molar-refractivity contribution in [1.82, 2.24) is 4.98 Å². The largest absolute Gasteiger partial charge is 0.466 e. The molecule has 0 radical (unpaired) electrons. The molecule has 0 fully saturated rings. The van der Waals surface area contributed by atoms with Gasteiger partial charge in [0.25, 0.3) is 0 Å². The molecule has 1 aromatic heterocycles. The summed E-state index contributed by atoms with van der Waals surface area (Å²) < 4.78 is 10.9. The quantitative estimate of drug-likeness (QED) is 0.755. The molecule has 0 aliphatic heterocycles. The van der Waals surface area contributed by atoms with Crippen LogP contribution in [0.2, 0.25) is 0 Å². The van der Waals surface area contributed by atoms with Gasteiger partial charge in [-0.15, -0.1) is 0 Å². The summed E-state index contributed by atoms with van der Waals surface area (Å²) in [7, 11) is 0. The van der Waals surface area contributed by atoms with Gasteiger partial charge in [0.15, 0.2) is 0 Å². The van der Waals surface area contributed by atoms with Gasteiger partial charge in [0.2, 0.25) is 0 Å². The average Bonchev–Trinajstić information content (AvgIpc) is 2.61. The van der Waals surface area contributed by atoms with Crippen molar-refractivity contribution < 1.29 is 14.3 Å². The highest BCUT2D eigenvalue weighted by molar-refractivity contribution is 5.78. The van der Waals surface area contributed by atoms with Crippen LogP contribution in [0, 0.1) is 0 Å². The summed E-state index contributed by atoms with van der Waals surface area (Å²) in [5, 5.41) is 1.13. The number of pyridine rings is 1. The van der Waals surface area contributed by atoms with E-state index in [0.717, 1.165) is 28.6 Å². The highest BCUT2D eigenvalue weighted by Crippen LogP contribution is 2.18. The van der Waals surface area contributed by atoms with Crippen LogP contribution in [0.5, 0.6) is 0 Å². The van der Waals surface area contributed by atoms with Crippen LogP contribution in [0.25, 0.3) is 10.9 Å². The molecule has 4 heteroatoms. The van der Waals surface area contributed by atoms with Gasteiger partial charge in [-0.1, -0.05) is 42.5 Å². The molecule has 1 aliphatic rings. The molecule has 1 aromatic carbocycles. The Morgan fingerprint density at radius 2 is 2.12 bits per heavy atom. The van der Waals surface area contributed by atoms with Gasteiger partial charge in [-0.05, 0) is 31.1 Å². The smallest absolute Gasteiger partial charge is 0.310 e. The molecule has 2 aromatic rings. The van der Waals surface area contributed by atoms with Crippen molar-refractivity contribution in [3.63, 3.8) is 0 Å². The molecular formula is C20H21NO3. The lowest BCUT2D eigenvalue weighted by molar-refractivity contribution is -0.142. The Morgan fingerprint density at radius 1 is 1.25 bits per heavy atom. The third-order valence-corrected chi connectivity index (χ3v) is 3.89. The first-order valence-corrected chi connectivity index (χ1v) is 8.23. The minimum atomic E-state index is -0.187. The van der Waals surface area contributed by atoms with E-state index in [4.69, 9.17) is 9.47 Å². The first kappa shape index (κ1) is 16.4. The van der Waals surface area contributed by atoms with Crippen molar-refractivity contribution in [3.8, 4) is 0 Å². The Morgan fingerprint density at radius 3 is 2.92 bits per heavy atom. The van der Waals surface area contributed by atoms with Crippen molar-refractivity contribution >= 4 is 16.9 Å². The molecule has 124 valence electrons. The fourth-order valence-electron chi connectivity index (χ4n) is 2.66. The van der Waals surface area contributed by atoms with Crippen LogP contribution in [0.3, 0.4) is 0 Å². The molecule has 1 atom stereocenters. The van der Waals surface area contributed by atoms with E-state index in [1.54, 1.807) is 0 Å². The van der Waals surface area contributed by atoms with Crippen LogP contribution in [0.4, 0.5) is 0 Å². The molecule has 0 saturated heterocycles. The van der Waals surface area contributed by atoms with Crippen molar-refractivity contribution in [2.45, 2.75) is 32.5 Å². The monoisotopic (exact) mass is 323 g/mol. The minimum Gasteiger partial charge on any atom is -0.466 e. The number of fused-ring (bicyclic) bond motifs is 1. The molecule has 1 heterocycles. The Kier molecular flexibility index (Phi) is 5.39. The average molecular weight is 323 g/mol. The second-order valence-corrected chi connectivity index (χ2v) is 5.70. The van der Waals surface area contributed by atoms with Crippen LogP contribution in [0.1, 0.15) is 25.5 Å². The number of hydrogen-bond donors (Lipinski definition) is 0. The third kappa shape index (κ3) is 4.30. The number of aromatic nitrogens is 1. The zero-order valence-corrected chi connectivity index (χ0v) is 13.8. The van der Waals surface area contributed by atoms with E-state index < -0.39 is 0 Å². The molecule has 4 nitrogen and oxygen atoms in total. The van der Waals surface area contributed by atoms with Gasteiger partial charge in [0, 0.05) is 5.39 Å². The standard InChI is InChI=1S/C20H21NO3/c1-2-23-20(22)13-15-7-11-18(12-8-15)24-14-17-10-9-16-5-3-4-6-19(16)21-17/h3-11,18H,2,12-14H2,1H3. The predicted octanol–water partition coefficient (Wildman–Crippen LogP) is 3.96. The van der Waals surface area contributed by atoms with E-state index in [1.807, 2.05) is 55.5 Å². The Balaban J connectivity index is 1.52. The van der Waals surface area contributed by atoms with Crippen molar-refractivity contribution in [2.24, 2.45) is 0 Å². The first-order chi connectivity index (χ1) is 11.7. The molecule has 3 rings (SSSR count). The summed E-state index contributed by atoms with van der Waals surface area (Å²) >= 11 is 0. The zero-order valence-electron chi connectivity index (χ0n) is 13.8. The second-order valence-electron chi connectivity index (χ2n) is 5.70. The minimum absolute atomic E-state index is 0.0178. The van der Waals surface area contributed by atoms with E-state index in [1.165, 1.54) is 0 Å². The molecule has 0 bridgehead atoms. The number of allylic oxidation sites excluding steroid dienone is 1. The molecule has 1 aliphatic carbocycles. The number of hydrogen-bond acceptors (Lipinski definition) is 4. The van der Waals surface area contributed by atoms with Gasteiger partial charge in [0.1, 0.15) is 0 Å². The van der Waals surface area contributed by atoms with Crippen LogP contribution in [-0.4, -0.2) is 23.7 Å². The normalized spacial score (nSPS) is 16.9. The fraction of sp³-hybridized carbons (Fsp3) is 0.300. The highest BCUT2D eigenvalue weighted by Gasteiger charge is 2.12. The van der Waals surface area contributed by atoms with Crippen LogP contribution in [0.15, 0.2) is 60.2 Å². The molecular weight excluding hydrogens is 302 g/mol. The summed E-state index contributed by atoms with van der Waals surface area (Å²) in [4.78, 5) is 16.1. The van der Waals surface area contributed by atoms with E-state index in [-0.39, 0.29) is 12.1 Å². The maximum absolute atomic E-state index is 11.5. The summed E-state index contributed by atoms with van der Waals surface area (Å²) in [6, 6.07) is 12.1. The number of esters is 1. The third-order valence-electron chi connectivity index (χ3n) is 3.89. The topological polar surface area (TPSA) is 48.4 Å². The lowest BCUT2D eigenvalue weighted by Crippen LogP contribution is -2.13. The van der Waals surface area contributed by atoms with Crippen LogP contribution >= 0.6 is 0 Å². The van der Waals surface area contributed by atoms with Crippen LogP contribution < -0.4 is 0 Å². The summed E-state index contributed by atoms with van der Waals surface area (Å²) in [6.07, 6.45) is 7.08. The van der Waals surface area contributed by atoms with Crippen molar-refractivity contribution in [1.29, 1.82) is 0 Å². The summed E-state index contributed by atoms with van der Waals surface area (Å²) in [5.41, 5.74) is 2.88. The van der Waals surface area contributed by atoms with Gasteiger partial charge >= 0.3 is 5.97 Å². The van der Waals surface area contributed by atoms with E-state index in [9.17, 15) is 4.79 Å². The van der Waals surface area contributed by atoms with Crippen LogP contribution in [-0.2, 0) is 20.9 Å². The zero-order chi connectivity index (χ0) is 16.8. The lowest BCUT2D eigenvalue weighted by atomic mass is 10.0. The molecule has 0 saturated carbocycles. The highest BCUT2D eigenvalue weighted by atomic mass is 16.5. The predicted molar refractivity (Wildman–Crippen MR) is 93.4 cm³/mol. The Hall–Kier alpha value is -2.46. The summed E-state index contributed by atoms with van der Waals surface area (Å²) in [5.74, 6) is -0.187. The maximum atomic E-state index is 11.5. The molecule has 0 amide bonds. The number of rotatable bonds is 6. The van der Waals surface area contributed by atoms with Gasteiger partial charge in [-0.2, -0.15) is 0 Å². The number of carbonyl (C=O) groups is 1. The number of benzene rings is 1. The second kappa shape index (κ2) is 7.88. The van der Waals surface area contributed by atoms with Gasteiger partial charge < -0.3 is 9.47 Å². The lowest BCUT2D eigenvalue weighted by Gasteiger charge is -2.17. The maximum Gasteiger partial charge on any atom is 0.310 e. The van der Waals surface area contributed by atoms with E-state index in [2.05, 4.69) is 11.1 Å². The summed E-state index contributed by atoms with van der Waals surface area (Å²) in [6.45, 7) is 2.70. The number of nitrogens with zero attached hydrogens (tertiary/aromatic N) is 1. The van der Waals surface area contributed by atoms with Crippen molar-refractivity contribution in [3.05, 3.63) is 65.9 Å². The SMILES string of the molecule is CCOC(=O)CC1=CCC(OCc2ccc3ccccc3n2)C=C1. The molecule has 24 heavy (non-hydrogen) atoms. The number of para-hydroxylation sites is 1. The van der Waals surface area contributed by atoms with E-state index >= 15 is 0 Å². The number of ether oxygens (including phenoxy) is 2. The molecule has 0 spiro atoms. The first-order valence-electron chi connectivity index (χ1n) is 8.23. The van der Waals surface area contributed by atoms with E-state index in [0.29, 0.717) is 19.6 Å². The van der Waals surface area contributed by atoms with Gasteiger partial charge in [-0.25, -0.2) is 0 Å². The Labute approximate surface area is 141 Å². The fourth-order valence-corrected chi connectivity index (χ4v) is 2.66. The molecule has 1 unspecified atom stereocenters. The van der Waals surface area contributed by atoms with Crippen molar-refractivity contribution in [2.75, 3.05) is 6.61 Å².